The van der Waals surface area contributed by atoms with Crippen LogP contribution in [0.25, 0.3) is 11.3 Å². The molecule has 3 rings (SSSR count). The molecule has 1 aromatic carbocycles. The molecule has 0 atom stereocenters. The lowest BCUT2D eigenvalue weighted by Crippen LogP contribution is -2.26. The molecule has 0 N–H and O–H groups in total. The molecule has 4 nitrogen and oxygen atoms in total. The summed E-state index contributed by atoms with van der Waals surface area (Å²) in [6, 6.07) is 10.0. The van der Waals surface area contributed by atoms with E-state index in [1.165, 1.54) is 12.1 Å². The van der Waals surface area contributed by atoms with Crippen LogP contribution >= 0.6 is 11.7 Å². The summed E-state index contributed by atoms with van der Waals surface area (Å²) in [5, 5.41) is 0. The zero-order valence-electron chi connectivity index (χ0n) is 12.4. The van der Waals surface area contributed by atoms with Gasteiger partial charge in [-0.3, -0.25) is 0 Å². The van der Waals surface area contributed by atoms with Crippen LogP contribution in [0.1, 0.15) is 5.56 Å². The molecule has 0 aliphatic carbocycles. The molecule has 0 saturated heterocycles. The molecule has 0 amide bonds. The largest absolute Gasteiger partial charge is 0.462 e. The Hall–Kier alpha value is -2.78. The standard InChI is InChI=1S/C17H13FN3OS/c1-21-9-3-7-14(12-21)16-17(20-23-19-16)22-10-4-6-13-5-2-8-15(18)11-13/h2-3,5,7-9,11-12H,10H2,1H3/q+1. The van der Waals surface area contributed by atoms with Gasteiger partial charge >= 0.3 is 0 Å². The fraction of sp³-hybridized carbons (Fsp3) is 0.118. The number of ether oxygens (including phenoxy) is 1. The Morgan fingerprint density at radius 2 is 2.17 bits per heavy atom. The van der Waals surface area contributed by atoms with Gasteiger partial charge in [0.25, 0.3) is 5.88 Å². The summed E-state index contributed by atoms with van der Waals surface area (Å²) in [5.41, 5.74) is 2.23. The highest BCUT2D eigenvalue weighted by molar-refractivity contribution is 6.99. The number of hydrogen-bond donors (Lipinski definition) is 0. The van der Waals surface area contributed by atoms with Crippen LogP contribution in [0.5, 0.6) is 5.88 Å². The molecule has 0 saturated carbocycles. The molecule has 23 heavy (non-hydrogen) atoms. The first-order chi connectivity index (χ1) is 11.2. The molecule has 2 aromatic heterocycles. The topological polar surface area (TPSA) is 38.9 Å². The second-order valence-electron chi connectivity index (χ2n) is 4.78. The Bertz CT molecular complexity index is 883. The predicted molar refractivity (Wildman–Crippen MR) is 85.3 cm³/mol. The summed E-state index contributed by atoms with van der Waals surface area (Å²) in [6.45, 7) is 0.161. The average Bonchev–Trinajstić information content (AvgIpc) is 3.00. The van der Waals surface area contributed by atoms with E-state index in [2.05, 4.69) is 20.6 Å². The van der Waals surface area contributed by atoms with Gasteiger partial charge in [0.2, 0.25) is 0 Å². The van der Waals surface area contributed by atoms with E-state index in [0.29, 0.717) is 17.1 Å². The Kier molecular flexibility index (Phi) is 4.60. The van der Waals surface area contributed by atoms with E-state index in [1.54, 1.807) is 12.1 Å². The molecule has 0 fully saturated rings. The van der Waals surface area contributed by atoms with Crippen LogP contribution in [-0.2, 0) is 7.05 Å². The number of halogens is 1. The highest BCUT2D eigenvalue weighted by atomic mass is 32.1. The smallest absolute Gasteiger partial charge is 0.255 e. The van der Waals surface area contributed by atoms with Crippen LogP contribution in [0.2, 0.25) is 0 Å². The van der Waals surface area contributed by atoms with E-state index < -0.39 is 0 Å². The molecule has 0 aliphatic rings. The van der Waals surface area contributed by atoms with Gasteiger partial charge in [-0.25, -0.2) is 8.96 Å². The number of rotatable bonds is 3. The summed E-state index contributed by atoms with van der Waals surface area (Å²) < 4.78 is 29.0. The van der Waals surface area contributed by atoms with Gasteiger partial charge < -0.3 is 4.74 Å². The number of benzene rings is 1. The van der Waals surface area contributed by atoms with Gasteiger partial charge in [0.15, 0.2) is 24.7 Å². The Morgan fingerprint density at radius 1 is 1.26 bits per heavy atom. The lowest BCUT2D eigenvalue weighted by Gasteiger charge is -2.00. The normalized spacial score (nSPS) is 10.0. The quantitative estimate of drug-likeness (QED) is 0.548. The number of aromatic nitrogens is 3. The van der Waals surface area contributed by atoms with Crippen molar-refractivity contribution in [2.45, 2.75) is 0 Å². The van der Waals surface area contributed by atoms with Crippen molar-refractivity contribution >= 4 is 11.7 Å². The molecule has 0 radical (unpaired) electrons. The zero-order valence-corrected chi connectivity index (χ0v) is 13.2. The summed E-state index contributed by atoms with van der Waals surface area (Å²) >= 11 is 1.09. The van der Waals surface area contributed by atoms with E-state index in [9.17, 15) is 4.39 Å². The van der Waals surface area contributed by atoms with E-state index in [0.717, 1.165) is 17.3 Å². The van der Waals surface area contributed by atoms with E-state index in [-0.39, 0.29) is 12.4 Å². The third-order valence-corrected chi connectivity index (χ3v) is 3.52. The van der Waals surface area contributed by atoms with Crippen LogP contribution in [0.4, 0.5) is 4.39 Å². The van der Waals surface area contributed by atoms with Gasteiger partial charge in [-0.05, 0) is 24.3 Å². The van der Waals surface area contributed by atoms with Crippen molar-refractivity contribution in [2.24, 2.45) is 7.05 Å². The van der Waals surface area contributed by atoms with Crippen molar-refractivity contribution in [1.82, 2.24) is 8.75 Å². The van der Waals surface area contributed by atoms with Gasteiger partial charge in [-0.1, -0.05) is 17.9 Å². The van der Waals surface area contributed by atoms with Gasteiger partial charge in [-0.15, -0.1) is 4.37 Å². The molecular formula is C17H13FN3OS+. The van der Waals surface area contributed by atoms with Gasteiger partial charge in [0.1, 0.15) is 12.9 Å². The molecule has 0 unspecified atom stereocenters. The molecule has 6 heteroatoms. The zero-order chi connectivity index (χ0) is 16.1. The SMILES string of the molecule is C[n+]1cccc(-c2nsnc2OCC#Cc2cccc(F)c2)c1. The fourth-order valence-electron chi connectivity index (χ4n) is 1.99. The van der Waals surface area contributed by atoms with Crippen molar-refractivity contribution < 1.29 is 13.7 Å². The number of hydrogen-bond acceptors (Lipinski definition) is 4. The maximum absolute atomic E-state index is 13.1. The third kappa shape index (κ3) is 3.90. The molecule has 114 valence electrons. The summed E-state index contributed by atoms with van der Waals surface area (Å²) in [6.07, 6.45) is 3.89. The average molecular weight is 326 g/mol. The third-order valence-electron chi connectivity index (χ3n) is 3.01. The first-order valence-corrected chi connectivity index (χ1v) is 7.61. The van der Waals surface area contributed by atoms with Crippen molar-refractivity contribution in [3.8, 4) is 29.0 Å². The maximum Gasteiger partial charge on any atom is 0.255 e. The first kappa shape index (κ1) is 15.1. The Labute approximate surface area is 137 Å². The maximum atomic E-state index is 13.1. The van der Waals surface area contributed by atoms with Crippen LogP contribution < -0.4 is 9.30 Å². The van der Waals surface area contributed by atoms with Crippen LogP contribution in [0, 0.1) is 17.7 Å². The first-order valence-electron chi connectivity index (χ1n) is 6.88. The van der Waals surface area contributed by atoms with Crippen molar-refractivity contribution in [3.05, 3.63) is 60.2 Å². The van der Waals surface area contributed by atoms with E-state index in [1.807, 2.05) is 36.1 Å². The predicted octanol–water partition coefficient (Wildman–Crippen LogP) is 2.60. The van der Waals surface area contributed by atoms with Gasteiger partial charge in [0, 0.05) is 11.6 Å². The van der Waals surface area contributed by atoms with Crippen LogP contribution in [0.3, 0.4) is 0 Å². The number of aryl methyl sites for hydroxylation is 1. The second-order valence-corrected chi connectivity index (χ2v) is 5.31. The minimum absolute atomic E-state index is 0.161. The lowest BCUT2D eigenvalue weighted by molar-refractivity contribution is -0.671. The highest BCUT2D eigenvalue weighted by Gasteiger charge is 2.13. The molecule has 2 heterocycles. The Balaban J connectivity index is 1.70. The van der Waals surface area contributed by atoms with Gasteiger partial charge in [-0.2, -0.15) is 4.37 Å². The molecular weight excluding hydrogens is 313 g/mol. The van der Waals surface area contributed by atoms with E-state index in [4.69, 9.17) is 4.74 Å². The second kappa shape index (κ2) is 6.99. The van der Waals surface area contributed by atoms with Crippen molar-refractivity contribution in [3.63, 3.8) is 0 Å². The Morgan fingerprint density at radius 3 is 3.00 bits per heavy atom. The van der Waals surface area contributed by atoms with Crippen molar-refractivity contribution in [2.75, 3.05) is 6.61 Å². The molecule has 0 spiro atoms. The van der Waals surface area contributed by atoms with E-state index >= 15 is 0 Å². The summed E-state index contributed by atoms with van der Waals surface area (Å²) in [7, 11) is 1.94. The summed E-state index contributed by atoms with van der Waals surface area (Å²) in [4.78, 5) is 0. The fourth-order valence-corrected chi connectivity index (χ4v) is 2.51. The minimum Gasteiger partial charge on any atom is -0.462 e. The summed E-state index contributed by atoms with van der Waals surface area (Å²) in [5.74, 6) is 5.85. The van der Waals surface area contributed by atoms with Crippen LogP contribution in [0.15, 0.2) is 48.8 Å². The number of nitrogens with zero attached hydrogens (tertiary/aromatic N) is 3. The molecule has 0 bridgehead atoms. The number of pyridine rings is 1. The highest BCUT2D eigenvalue weighted by Crippen LogP contribution is 2.26. The molecule has 0 aliphatic heterocycles. The lowest BCUT2D eigenvalue weighted by atomic mass is 10.2. The molecule has 3 aromatic rings. The van der Waals surface area contributed by atoms with Gasteiger partial charge in [0.05, 0.1) is 17.3 Å². The van der Waals surface area contributed by atoms with Crippen LogP contribution in [-0.4, -0.2) is 15.4 Å². The minimum atomic E-state index is -0.305. The van der Waals surface area contributed by atoms with Crippen molar-refractivity contribution in [1.29, 1.82) is 0 Å². The monoisotopic (exact) mass is 326 g/mol.